The Hall–Kier alpha value is -1.10. The number of amides is 1. The number of hydrogen-bond donors (Lipinski definition) is 3. The van der Waals surface area contributed by atoms with Gasteiger partial charge in [0.25, 0.3) is 0 Å². The molecule has 1 amide bonds. The van der Waals surface area contributed by atoms with E-state index in [9.17, 15) is 9.59 Å². The van der Waals surface area contributed by atoms with E-state index in [-0.39, 0.29) is 19.7 Å². The van der Waals surface area contributed by atoms with E-state index in [4.69, 9.17) is 12.2 Å². The lowest BCUT2D eigenvalue weighted by Gasteiger charge is -2.12. The van der Waals surface area contributed by atoms with Crippen LogP contribution in [0, 0.1) is 0 Å². The molecule has 0 bridgehead atoms. The van der Waals surface area contributed by atoms with E-state index in [0.717, 1.165) is 0 Å². The lowest BCUT2D eigenvalue weighted by molar-refractivity contribution is -0.139. The Kier molecular flexibility index (Phi) is 4.93. The normalized spacial score (nSPS) is 13.4. The summed E-state index contributed by atoms with van der Waals surface area (Å²) in [4.78, 5) is 21.1. The van der Waals surface area contributed by atoms with Gasteiger partial charge in [-0.15, -0.1) is 0 Å². The number of carboxylic acids is 1. The van der Waals surface area contributed by atoms with Gasteiger partial charge in [-0.25, -0.2) is 0 Å². The predicted octanol–water partition coefficient (Wildman–Crippen LogP) is -0.295. The molecule has 0 rings (SSSR count). The van der Waals surface area contributed by atoms with Gasteiger partial charge in [0.1, 0.15) is 6.04 Å². The molecule has 0 aliphatic carbocycles. The second-order valence-corrected chi connectivity index (χ2v) is 2.70. The third kappa shape index (κ3) is 6.10. The molecule has 0 spiro atoms. The van der Waals surface area contributed by atoms with Gasteiger partial charge in [-0.05, 0) is 19.4 Å². The number of aliphatic carboxylic acids is 1. The van der Waals surface area contributed by atoms with Crippen LogP contribution in [0.15, 0.2) is 0 Å². The van der Waals surface area contributed by atoms with E-state index in [1.54, 1.807) is 0 Å². The quantitative estimate of drug-likeness (QED) is 0.479. The first-order valence-electron chi connectivity index (χ1n) is 4.82. The van der Waals surface area contributed by atoms with Crippen LogP contribution in [0.3, 0.4) is 0 Å². The second-order valence-electron chi connectivity index (χ2n) is 2.70. The number of carbonyl (C=O) groups excluding carboxylic acids is 1. The molecule has 0 aromatic rings. The summed E-state index contributed by atoms with van der Waals surface area (Å²) < 4.78 is 6.86. The second kappa shape index (κ2) is 6.42. The van der Waals surface area contributed by atoms with Crippen LogP contribution in [-0.4, -0.2) is 29.6 Å². The van der Waals surface area contributed by atoms with Crippen molar-refractivity contribution in [2.45, 2.75) is 32.2 Å². The van der Waals surface area contributed by atoms with Crippen LogP contribution in [0.2, 0.25) is 0 Å². The summed E-state index contributed by atoms with van der Waals surface area (Å²) in [5.74, 6) is -1.49. The number of carboxylic acid groups (broad SMARTS) is 1. The van der Waals surface area contributed by atoms with E-state index >= 15 is 0 Å². The van der Waals surface area contributed by atoms with Crippen molar-refractivity contribution in [3.8, 4) is 0 Å². The molecular weight excluding hydrogens is 172 g/mol. The van der Waals surface area contributed by atoms with Gasteiger partial charge in [0.15, 0.2) is 0 Å². The first kappa shape index (κ1) is 9.98. The highest BCUT2D eigenvalue weighted by Crippen LogP contribution is 1.97. The predicted molar refractivity (Wildman–Crippen MR) is 48.1 cm³/mol. The van der Waals surface area contributed by atoms with Crippen molar-refractivity contribution in [3.05, 3.63) is 0 Å². The zero-order chi connectivity index (χ0) is 11.0. The van der Waals surface area contributed by atoms with Gasteiger partial charge in [0.05, 0.1) is 0 Å². The number of primary amides is 1. The van der Waals surface area contributed by atoms with Crippen LogP contribution < -0.4 is 11.1 Å². The topological polar surface area (TPSA) is 92.4 Å². The molecule has 0 aromatic carbocycles. The zero-order valence-corrected chi connectivity index (χ0v) is 7.45. The maximum Gasteiger partial charge on any atom is 0.320 e. The molecule has 0 unspecified atom stereocenters. The summed E-state index contributed by atoms with van der Waals surface area (Å²) in [6.45, 7) is 0.731. The molecule has 5 nitrogen and oxygen atoms in total. The number of rotatable bonds is 7. The van der Waals surface area contributed by atoms with Gasteiger partial charge in [-0.2, -0.15) is 0 Å². The first-order valence-corrected chi connectivity index (χ1v) is 4.11. The molecule has 5 heteroatoms. The van der Waals surface area contributed by atoms with Crippen LogP contribution in [0.4, 0.5) is 0 Å². The zero-order valence-electron chi connectivity index (χ0n) is 8.45. The maximum absolute atomic E-state index is 10.6. The third-order valence-electron chi connectivity index (χ3n) is 1.55. The highest BCUT2D eigenvalue weighted by molar-refractivity contribution is 5.77. The molecule has 13 heavy (non-hydrogen) atoms. The maximum atomic E-state index is 10.6. The molecular formula is C8H16N2O3. The van der Waals surface area contributed by atoms with Crippen molar-refractivity contribution < 1.29 is 16.1 Å². The number of carbonyl (C=O) groups is 2. The monoisotopic (exact) mass is 189 g/mol. The van der Waals surface area contributed by atoms with Crippen LogP contribution in [-0.2, 0) is 9.59 Å². The van der Waals surface area contributed by atoms with E-state index in [1.165, 1.54) is 0 Å². The number of hydrogen-bond acceptors (Lipinski definition) is 3. The van der Waals surface area contributed by atoms with E-state index in [0.29, 0.717) is 13.0 Å². The Morgan fingerprint density at radius 2 is 2.38 bits per heavy atom. The first-order chi connectivity index (χ1) is 6.57. The molecule has 0 saturated heterocycles. The Bertz CT molecular complexity index is 199. The molecule has 0 heterocycles. The summed E-state index contributed by atoms with van der Waals surface area (Å²) in [7, 11) is 0. The lowest BCUT2D eigenvalue weighted by atomic mass is 10.1. The van der Waals surface area contributed by atoms with Crippen molar-refractivity contribution >= 4 is 11.9 Å². The molecule has 0 aromatic heterocycles. The minimum Gasteiger partial charge on any atom is -0.480 e. The fourth-order valence-corrected chi connectivity index (χ4v) is 0.876. The molecule has 0 fully saturated rings. The highest BCUT2D eigenvalue weighted by Gasteiger charge is 2.16. The number of nitrogens with one attached hydrogen (secondary N) is 1. The summed E-state index contributed by atoms with van der Waals surface area (Å²) in [5, 5.41) is 11.5. The Labute approximate surface area is 78.7 Å². The fourth-order valence-electron chi connectivity index (χ4n) is 0.876. The van der Waals surface area contributed by atoms with Crippen LogP contribution in [0.25, 0.3) is 0 Å². The standard InChI is InChI=1S/C8H16N2O3/c1-2-5-10-6(8(12)13)3-4-7(9)11/h6,10H,2-5H2,1H3,(H2,9,11)(H,12,13)/t6-/m0/s1/i1D. The molecule has 4 N–H and O–H groups in total. The van der Waals surface area contributed by atoms with Gasteiger partial charge < -0.3 is 16.2 Å². The fraction of sp³-hybridized carbons (Fsp3) is 0.750. The van der Waals surface area contributed by atoms with Gasteiger partial charge in [-0.1, -0.05) is 6.90 Å². The molecule has 1 atom stereocenters. The van der Waals surface area contributed by atoms with Crippen molar-refractivity contribution in [1.29, 1.82) is 0 Å². The SMILES string of the molecule is [2H]CCCN[C@@H](CCC(N)=O)C(=O)O. The summed E-state index contributed by atoms with van der Waals surface area (Å²) in [5.41, 5.74) is 4.91. The van der Waals surface area contributed by atoms with Crippen LogP contribution in [0.1, 0.15) is 27.5 Å². The highest BCUT2D eigenvalue weighted by atomic mass is 16.4. The third-order valence-corrected chi connectivity index (χ3v) is 1.55. The average Bonchev–Trinajstić information content (AvgIpc) is 2.10. The summed E-state index contributed by atoms with van der Waals surface area (Å²) >= 11 is 0. The van der Waals surface area contributed by atoms with E-state index in [2.05, 4.69) is 5.32 Å². The minimum absolute atomic E-state index is 0.0604. The Balaban J connectivity index is 3.78. The average molecular weight is 189 g/mol. The molecule has 76 valence electrons. The van der Waals surface area contributed by atoms with Gasteiger partial charge in [-0.3, -0.25) is 9.59 Å². The Morgan fingerprint density at radius 3 is 2.85 bits per heavy atom. The number of nitrogens with two attached hydrogens (primary N) is 1. The summed E-state index contributed by atoms with van der Waals surface area (Å²) in [6, 6.07) is -0.742. The van der Waals surface area contributed by atoms with E-state index < -0.39 is 17.9 Å². The largest absolute Gasteiger partial charge is 0.480 e. The van der Waals surface area contributed by atoms with Gasteiger partial charge in [0, 0.05) is 7.79 Å². The van der Waals surface area contributed by atoms with Crippen LogP contribution >= 0.6 is 0 Å². The van der Waals surface area contributed by atoms with E-state index in [1.807, 2.05) is 0 Å². The Morgan fingerprint density at radius 1 is 1.69 bits per heavy atom. The molecule has 0 aliphatic rings. The van der Waals surface area contributed by atoms with Crippen molar-refractivity contribution in [3.63, 3.8) is 0 Å². The van der Waals surface area contributed by atoms with Crippen LogP contribution in [0.5, 0.6) is 0 Å². The van der Waals surface area contributed by atoms with Crippen molar-refractivity contribution in [2.24, 2.45) is 5.73 Å². The molecule has 0 aliphatic heterocycles. The van der Waals surface area contributed by atoms with Crippen molar-refractivity contribution in [2.75, 3.05) is 6.54 Å². The lowest BCUT2D eigenvalue weighted by Crippen LogP contribution is -2.37. The molecule has 0 radical (unpaired) electrons. The molecule has 0 saturated carbocycles. The summed E-state index contributed by atoms with van der Waals surface area (Å²) in [6.07, 6.45) is 0.855. The smallest absolute Gasteiger partial charge is 0.320 e. The van der Waals surface area contributed by atoms with Gasteiger partial charge in [0.2, 0.25) is 5.91 Å². The van der Waals surface area contributed by atoms with Crippen molar-refractivity contribution in [1.82, 2.24) is 5.32 Å². The minimum atomic E-state index is -0.990. The van der Waals surface area contributed by atoms with Gasteiger partial charge >= 0.3 is 5.97 Å².